The topological polar surface area (TPSA) is 58.9 Å². The zero-order valence-electron chi connectivity index (χ0n) is 13.1. The molecule has 0 aliphatic heterocycles. The lowest BCUT2D eigenvalue weighted by Crippen LogP contribution is -2.15. The monoisotopic (exact) mass is 287 g/mol. The summed E-state index contributed by atoms with van der Waals surface area (Å²) in [5, 5.41) is 0. The van der Waals surface area contributed by atoms with Crippen LogP contribution < -0.4 is 5.49 Å². The fourth-order valence-electron chi connectivity index (χ4n) is 2.61. The summed E-state index contributed by atoms with van der Waals surface area (Å²) in [7, 11) is 0. The minimum Gasteiger partial charge on any atom is -0.337 e. The molecular formula is C16H25N5. The van der Waals surface area contributed by atoms with Crippen LogP contribution in [0, 0.1) is 0 Å². The number of unbranched alkanes of at least 4 members (excludes halogenated alkanes) is 2. The van der Waals surface area contributed by atoms with Gasteiger partial charge in [0.15, 0.2) is 11.1 Å². The van der Waals surface area contributed by atoms with Crippen LogP contribution >= 0.6 is 0 Å². The smallest absolute Gasteiger partial charge is 0.176 e. The molecule has 1 fully saturated rings. The number of imidazole rings is 1. The van der Waals surface area contributed by atoms with Crippen molar-refractivity contribution in [1.29, 1.82) is 0 Å². The van der Waals surface area contributed by atoms with E-state index in [1.54, 1.807) is 0 Å². The Morgan fingerprint density at radius 1 is 1.29 bits per heavy atom. The minimum atomic E-state index is 0.625. The molecule has 2 aromatic rings. The van der Waals surface area contributed by atoms with Crippen LogP contribution in [0.2, 0.25) is 0 Å². The molecule has 114 valence electrons. The van der Waals surface area contributed by atoms with Gasteiger partial charge in [0.05, 0.1) is 6.33 Å². The van der Waals surface area contributed by atoms with E-state index in [-0.39, 0.29) is 0 Å². The van der Waals surface area contributed by atoms with Crippen molar-refractivity contribution in [1.82, 2.24) is 19.5 Å². The molecule has 0 aromatic carbocycles. The van der Waals surface area contributed by atoms with E-state index in [0.717, 1.165) is 48.4 Å². The molecule has 5 nitrogen and oxygen atoms in total. The van der Waals surface area contributed by atoms with Gasteiger partial charge in [-0.3, -0.25) is 4.99 Å². The maximum absolute atomic E-state index is 4.81. The summed E-state index contributed by atoms with van der Waals surface area (Å²) in [6, 6.07) is 0. The number of aromatic amines is 1. The molecule has 1 N–H and O–H groups in total. The van der Waals surface area contributed by atoms with E-state index in [1.165, 1.54) is 25.7 Å². The molecule has 0 unspecified atom stereocenters. The summed E-state index contributed by atoms with van der Waals surface area (Å²) in [5.41, 5.74) is 2.86. The molecule has 0 saturated heterocycles. The molecular weight excluding hydrogens is 262 g/mol. The van der Waals surface area contributed by atoms with E-state index in [2.05, 4.69) is 33.4 Å². The summed E-state index contributed by atoms with van der Waals surface area (Å²) in [6.07, 6.45) is 9.06. The highest BCUT2D eigenvalue weighted by Crippen LogP contribution is 2.38. The first kappa shape index (κ1) is 14.3. The number of fused-ring (bicyclic) bond motifs is 1. The van der Waals surface area contributed by atoms with Crippen LogP contribution in [-0.2, 0) is 6.54 Å². The molecule has 2 aromatic heterocycles. The van der Waals surface area contributed by atoms with Gasteiger partial charge in [-0.2, -0.15) is 0 Å². The lowest BCUT2D eigenvalue weighted by Gasteiger charge is -2.04. The van der Waals surface area contributed by atoms with Crippen LogP contribution in [0.25, 0.3) is 11.2 Å². The Morgan fingerprint density at radius 3 is 2.86 bits per heavy atom. The third-order valence-corrected chi connectivity index (χ3v) is 3.97. The Balaban J connectivity index is 1.98. The van der Waals surface area contributed by atoms with Crippen molar-refractivity contribution in [2.24, 2.45) is 4.99 Å². The largest absolute Gasteiger partial charge is 0.337 e. The predicted octanol–water partition coefficient (Wildman–Crippen LogP) is 3.14. The molecule has 5 heteroatoms. The molecule has 0 spiro atoms. The highest BCUT2D eigenvalue weighted by atomic mass is 15.1. The van der Waals surface area contributed by atoms with Crippen LogP contribution in [0.1, 0.15) is 64.1 Å². The second-order valence-electron chi connectivity index (χ2n) is 5.95. The zero-order valence-corrected chi connectivity index (χ0v) is 13.1. The number of nitrogens with one attached hydrogen (secondary N) is 1. The van der Waals surface area contributed by atoms with Crippen molar-refractivity contribution in [3.63, 3.8) is 0 Å². The molecule has 3 rings (SSSR count). The first-order valence-corrected chi connectivity index (χ1v) is 8.29. The predicted molar refractivity (Wildman–Crippen MR) is 84.1 cm³/mol. The lowest BCUT2D eigenvalue weighted by molar-refractivity contribution is 0.673. The van der Waals surface area contributed by atoms with Crippen LogP contribution in [0.4, 0.5) is 0 Å². The van der Waals surface area contributed by atoms with E-state index in [4.69, 9.17) is 4.98 Å². The average molecular weight is 287 g/mol. The average Bonchev–Trinajstić information content (AvgIpc) is 3.24. The lowest BCUT2D eigenvalue weighted by atomic mass is 10.2. The van der Waals surface area contributed by atoms with E-state index in [0.29, 0.717) is 5.92 Å². The van der Waals surface area contributed by atoms with Gasteiger partial charge in [-0.1, -0.05) is 26.7 Å². The molecule has 1 aliphatic carbocycles. The van der Waals surface area contributed by atoms with Gasteiger partial charge in [-0.05, 0) is 25.7 Å². The summed E-state index contributed by atoms with van der Waals surface area (Å²) in [5.74, 6) is 1.74. The Kier molecular flexibility index (Phi) is 4.36. The highest BCUT2D eigenvalue weighted by molar-refractivity contribution is 5.69. The number of hydrogen-bond donors (Lipinski definition) is 1. The second kappa shape index (κ2) is 6.41. The first-order valence-electron chi connectivity index (χ1n) is 8.29. The second-order valence-corrected chi connectivity index (χ2v) is 5.95. The van der Waals surface area contributed by atoms with Crippen molar-refractivity contribution in [3.8, 4) is 0 Å². The third-order valence-electron chi connectivity index (χ3n) is 3.97. The van der Waals surface area contributed by atoms with Crippen molar-refractivity contribution in [3.05, 3.63) is 17.6 Å². The minimum absolute atomic E-state index is 0.625. The van der Waals surface area contributed by atoms with E-state index >= 15 is 0 Å². The molecule has 1 saturated carbocycles. The molecule has 0 amide bonds. The van der Waals surface area contributed by atoms with Gasteiger partial charge >= 0.3 is 0 Å². The Hall–Kier alpha value is -1.65. The van der Waals surface area contributed by atoms with Crippen LogP contribution in [0.15, 0.2) is 11.3 Å². The molecule has 0 radical (unpaired) electrons. The quantitative estimate of drug-likeness (QED) is 0.795. The number of rotatable bonds is 7. The number of nitrogens with zero attached hydrogens (tertiary/aromatic N) is 4. The molecule has 0 bridgehead atoms. The fourth-order valence-corrected chi connectivity index (χ4v) is 2.61. The van der Waals surface area contributed by atoms with Crippen molar-refractivity contribution >= 4 is 11.2 Å². The van der Waals surface area contributed by atoms with Gasteiger partial charge in [0, 0.05) is 19.0 Å². The number of aromatic nitrogens is 4. The van der Waals surface area contributed by atoms with Crippen LogP contribution in [-0.4, -0.2) is 26.1 Å². The van der Waals surface area contributed by atoms with E-state index < -0.39 is 0 Å². The van der Waals surface area contributed by atoms with Gasteiger partial charge in [0.2, 0.25) is 0 Å². The van der Waals surface area contributed by atoms with Gasteiger partial charge in [-0.15, -0.1) is 0 Å². The van der Waals surface area contributed by atoms with Crippen molar-refractivity contribution < 1.29 is 0 Å². The maximum atomic E-state index is 4.81. The number of aryl methyl sites for hydroxylation is 1. The maximum Gasteiger partial charge on any atom is 0.176 e. The van der Waals surface area contributed by atoms with Gasteiger partial charge in [0.1, 0.15) is 11.3 Å². The molecule has 21 heavy (non-hydrogen) atoms. The summed E-state index contributed by atoms with van der Waals surface area (Å²) in [6.45, 7) is 6.19. The van der Waals surface area contributed by atoms with Gasteiger partial charge < -0.3 is 9.55 Å². The molecule has 1 aliphatic rings. The van der Waals surface area contributed by atoms with Crippen molar-refractivity contribution in [2.45, 2.75) is 64.8 Å². The zero-order chi connectivity index (χ0) is 14.7. The Bertz CT molecular complexity index is 663. The van der Waals surface area contributed by atoms with Gasteiger partial charge in [-0.25, -0.2) is 9.97 Å². The molecule has 2 heterocycles. The standard InChI is InChI=1S/C16H25N5/c1-3-5-6-9-17-15-13-16(21(10-4-2)11-18-15)20-14(19-13)12-7-8-12/h11-12H,3-10H2,1-2H3,(H,19,20). The van der Waals surface area contributed by atoms with Gasteiger partial charge in [0.25, 0.3) is 0 Å². The Morgan fingerprint density at radius 2 is 2.14 bits per heavy atom. The summed E-state index contributed by atoms with van der Waals surface area (Å²) < 4.78 is 2.14. The number of hydrogen-bond acceptors (Lipinski definition) is 3. The molecule has 0 atom stereocenters. The highest BCUT2D eigenvalue weighted by Gasteiger charge is 2.27. The van der Waals surface area contributed by atoms with Crippen LogP contribution in [0.3, 0.4) is 0 Å². The number of H-pyrrole nitrogens is 1. The Labute approximate surface area is 125 Å². The summed E-state index contributed by atoms with van der Waals surface area (Å²) in [4.78, 5) is 17.5. The SMILES string of the molecule is CCCCCN=c1ncn(CCC)c2nc(C3CC3)[nH]c12. The fraction of sp³-hybridized carbons (Fsp3) is 0.688. The van der Waals surface area contributed by atoms with Crippen LogP contribution in [0.5, 0.6) is 0 Å². The summed E-state index contributed by atoms with van der Waals surface area (Å²) >= 11 is 0. The normalized spacial score (nSPS) is 16.0. The third kappa shape index (κ3) is 3.17. The van der Waals surface area contributed by atoms with E-state index in [9.17, 15) is 0 Å². The van der Waals surface area contributed by atoms with E-state index in [1.807, 2.05) is 6.33 Å². The first-order chi connectivity index (χ1) is 10.3. The van der Waals surface area contributed by atoms with Crippen molar-refractivity contribution in [2.75, 3.05) is 6.54 Å².